The molecule has 0 saturated heterocycles. The molecule has 1 aromatic carbocycles. The summed E-state index contributed by atoms with van der Waals surface area (Å²) in [5.41, 5.74) is -0.362. The number of amides is 1. The van der Waals surface area contributed by atoms with Gasteiger partial charge < -0.3 is 14.8 Å². The Labute approximate surface area is 111 Å². The molecule has 0 fully saturated rings. The normalized spacial score (nSPS) is 10.2. The van der Waals surface area contributed by atoms with Gasteiger partial charge in [-0.3, -0.25) is 4.79 Å². The number of rotatable bonds is 3. The van der Waals surface area contributed by atoms with Crippen molar-refractivity contribution < 1.29 is 23.5 Å². The maximum absolute atomic E-state index is 13.4. The Morgan fingerprint density at radius 2 is 2.00 bits per heavy atom. The summed E-state index contributed by atoms with van der Waals surface area (Å²) in [7, 11) is 0. The van der Waals surface area contributed by atoms with Crippen LogP contribution in [0.15, 0.2) is 34.7 Å². The Hall–Kier alpha value is -2.34. The Balaban J connectivity index is 2.18. The van der Waals surface area contributed by atoms with Crippen molar-refractivity contribution in [2.24, 2.45) is 0 Å². The number of carbonyl (C=O) groups excluding carboxylic acids is 1. The van der Waals surface area contributed by atoms with Gasteiger partial charge in [0.1, 0.15) is 5.82 Å². The van der Waals surface area contributed by atoms with Crippen LogP contribution < -0.4 is 5.32 Å². The average Bonchev–Trinajstić information content (AvgIpc) is 2.75. The molecule has 5 nitrogen and oxygen atoms in total. The summed E-state index contributed by atoms with van der Waals surface area (Å²) in [6.07, 6.45) is 0. The first-order chi connectivity index (χ1) is 8.97. The molecule has 2 aromatic rings. The second kappa shape index (κ2) is 5.11. The molecular formula is C12H7ClFNO4. The van der Waals surface area contributed by atoms with Crippen LogP contribution in [-0.2, 0) is 0 Å². The molecule has 19 heavy (non-hydrogen) atoms. The standard InChI is InChI=1S/C12H7ClFNO4/c13-10-4-3-9(19-10)11(16)15-6-1-2-7(12(17)18)8(14)5-6/h1-5H,(H,15,16)(H,17,18). The van der Waals surface area contributed by atoms with Crippen molar-refractivity contribution in [1.82, 2.24) is 0 Å². The number of nitrogens with one attached hydrogen (secondary N) is 1. The Kier molecular flexibility index (Phi) is 3.52. The van der Waals surface area contributed by atoms with Gasteiger partial charge in [-0.25, -0.2) is 9.18 Å². The SMILES string of the molecule is O=C(Nc1ccc(C(=O)O)c(F)c1)c1ccc(Cl)o1. The van der Waals surface area contributed by atoms with E-state index in [4.69, 9.17) is 21.1 Å². The van der Waals surface area contributed by atoms with E-state index >= 15 is 0 Å². The molecule has 0 bridgehead atoms. The van der Waals surface area contributed by atoms with Crippen LogP contribution in [0.5, 0.6) is 0 Å². The van der Waals surface area contributed by atoms with Crippen molar-refractivity contribution in [2.75, 3.05) is 5.32 Å². The quantitative estimate of drug-likeness (QED) is 0.907. The van der Waals surface area contributed by atoms with Crippen LogP contribution in [0, 0.1) is 5.82 Å². The molecule has 0 aliphatic rings. The lowest BCUT2D eigenvalue weighted by Gasteiger charge is -2.04. The van der Waals surface area contributed by atoms with E-state index in [1.807, 2.05) is 0 Å². The van der Waals surface area contributed by atoms with E-state index in [9.17, 15) is 14.0 Å². The van der Waals surface area contributed by atoms with Crippen LogP contribution in [-0.4, -0.2) is 17.0 Å². The molecule has 0 saturated carbocycles. The molecule has 0 unspecified atom stereocenters. The number of furan rings is 1. The third kappa shape index (κ3) is 2.92. The highest BCUT2D eigenvalue weighted by Crippen LogP contribution is 2.17. The van der Waals surface area contributed by atoms with E-state index in [-0.39, 0.29) is 16.7 Å². The molecule has 0 radical (unpaired) electrons. The van der Waals surface area contributed by atoms with Crippen molar-refractivity contribution in [3.63, 3.8) is 0 Å². The first-order valence-corrected chi connectivity index (χ1v) is 5.44. The van der Waals surface area contributed by atoms with Crippen LogP contribution in [0.4, 0.5) is 10.1 Å². The minimum absolute atomic E-state index is 0.0345. The van der Waals surface area contributed by atoms with E-state index in [0.717, 1.165) is 12.1 Å². The first-order valence-electron chi connectivity index (χ1n) is 5.07. The lowest BCUT2D eigenvalue weighted by atomic mass is 10.2. The molecule has 0 aliphatic carbocycles. The van der Waals surface area contributed by atoms with E-state index in [1.54, 1.807) is 0 Å². The smallest absolute Gasteiger partial charge is 0.338 e. The van der Waals surface area contributed by atoms with Gasteiger partial charge in [0.15, 0.2) is 11.0 Å². The molecule has 98 valence electrons. The van der Waals surface area contributed by atoms with Gasteiger partial charge in [0.05, 0.1) is 5.56 Å². The second-order valence-corrected chi connectivity index (χ2v) is 3.93. The monoisotopic (exact) mass is 283 g/mol. The third-order valence-electron chi connectivity index (χ3n) is 2.25. The molecule has 1 amide bonds. The number of hydrogen-bond donors (Lipinski definition) is 2. The summed E-state index contributed by atoms with van der Waals surface area (Å²) < 4.78 is 18.3. The molecule has 7 heteroatoms. The lowest BCUT2D eigenvalue weighted by Crippen LogP contribution is -2.11. The number of halogens is 2. The predicted molar refractivity (Wildman–Crippen MR) is 65.0 cm³/mol. The summed E-state index contributed by atoms with van der Waals surface area (Å²) in [4.78, 5) is 22.3. The summed E-state index contributed by atoms with van der Waals surface area (Å²) in [5, 5.41) is 11.1. The molecule has 1 aromatic heterocycles. The Morgan fingerprint density at radius 3 is 2.53 bits per heavy atom. The zero-order valence-corrected chi connectivity index (χ0v) is 10.1. The van der Waals surface area contributed by atoms with E-state index < -0.39 is 23.3 Å². The van der Waals surface area contributed by atoms with Crippen molar-refractivity contribution >= 4 is 29.2 Å². The summed E-state index contributed by atoms with van der Waals surface area (Å²) in [6, 6.07) is 5.99. The Morgan fingerprint density at radius 1 is 1.26 bits per heavy atom. The molecule has 2 N–H and O–H groups in total. The molecule has 0 aliphatic heterocycles. The highest BCUT2D eigenvalue weighted by atomic mass is 35.5. The summed E-state index contributed by atoms with van der Waals surface area (Å²) in [5.74, 6) is -2.97. The average molecular weight is 284 g/mol. The molecule has 0 spiro atoms. The zero-order valence-electron chi connectivity index (χ0n) is 9.31. The van der Waals surface area contributed by atoms with Gasteiger partial charge in [-0.05, 0) is 41.9 Å². The molecule has 0 atom stereocenters. The predicted octanol–water partition coefficient (Wildman–Crippen LogP) is 3.02. The van der Waals surface area contributed by atoms with Gasteiger partial charge in [-0.15, -0.1) is 0 Å². The maximum Gasteiger partial charge on any atom is 0.338 e. The zero-order chi connectivity index (χ0) is 14.0. The number of hydrogen-bond acceptors (Lipinski definition) is 3. The fourth-order valence-corrected chi connectivity index (χ4v) is 1.54. The fourth-order valence-electron chi connectivity index (χ4n) is 1.40. The van der Waals surface area contributed by atoms with E-state index in [2.05, 4.69) is 5.32 Å². The van der Waals surface area contributed by atoms with Crippen LogP contribution in [0.25, 0.3) is 0 Å². The van der Waals surface area contributed by atoms with Crippen molar-refractivity contribution in [2.45, 2.75) is 0 Å². The first kappa shape index (κ1) is 13.1. The maximum atomic E-state index is 13.4. The second-order valence-electron chi connectivity index (χ2n) is 3.56. The van der Waals surface area contributed by atoms with Crippen molar-refractivity contribution in [3.05, 3.63) is 52.7 Å². The molecule has 1 heterocycles. The highest BCUT2D eigenvalue weighted by molar-refractivity contribution is 6.29. The largest absolute Gasteiger partial charge is 0.478 e. The summed E-state index contributed by atoms with van der Waals surface area (Å²) >= 11 is 5.52. The number of carboxylic acid groups (broad SMARTS) is 1. The highest BCUT2D eigenvalue weighted by Gasteiger charge is 2.14. The number of carbonyl (C=O) groups is 2. The van der Waals surface area contributed by atoms with Gasteiger partial charge >= 0.3 is 5.97 Å². The van der Waals surface area contributed by atoms with E-state index in [1.165, 1.54) is 18.2 Å². The van der Waals surface area contributed by atoms with Crippen LogP contribution in [0.3, 0.4) is 0 Å². The number of anilines is 1. The Bertz CT molecular complexity index is 653. The third-order valence-corrected chi connectivity index (χ3v) is 2.46. The van der Waals surface area contributed by atoms with E-state index in [0.29, 0.717) is 0 Å². The van der Waals surface area contributed by atoms with Gasteiger partial charge in [0, 0.05) is 5.69 Å². The topological polar surface area (TPSA) is 79.5 Å². The minimum atomic E-state index is -1.38. The van der Waals surface area contributed by atoms with Crippen molar-refractivity contribution in [1.29, 1.82) is 0 Å². The van der Waals surface area contributed by atoms with Crippen LogP contribution in [0.2, 0.25) is 5.22 Å². The lowest BCUT2D eigenvalue weighted by molar-refractivity contribution is 0.0692. The van der Waals surface area contributed by atoms with Gasteiger partial charge in [0.25, 0.3) is 5.91 Å². The minimum Gasteiger partial charge on any atom is -0.478 e. The van der Waals surface area contributed by atoms with Gasteiger partial charge in [-0.1, -0.05) is 0 Å². The van der Waals surface area contributed by atoms with Crippen LogP contribution >= 0.6 is 11.6 Å². The molecule has 2 rings (SSSR count). The number of benzene rings is 1. The molecular weight excluding hydrogens is 277 g/mol. The number of carboxylic acids is 1. The summed E-state index contributed by atoms with van der Waals surface area (Å²) in [6.45, 7) is 0. The van der Waals surface area contributed by atoms with Crippen molar-refractivity contribution in [3.8, 4) is 0 Å². The van der Waals surface area contributed by atoms with Gasteiger partial charge in [-0.2, -0.15) is 0 Å². The fraction of sp³-hybridized carbons (Fsp3) is 0. The van der Waals surface area contributed by atoms with Crippen LogP contribution in [0.1, 0.15) is 20.9 Å². The van der Waals surface area contributed by atoms with Gasteiger partial charge in [0.2, 0.25) is 0 Å². The number of aromatic carboxylic acids is 1.